The SMILES string of the molecule is Cc1cc(C(=O)N2CCCN(CCBr)CC2)no1. The van der Waals surface area contributed by atoms with Gasteiger partial charge in [-0.05, 0) is 19.9 Å². The van der Waals surface area contributed by atoms with Crippen LogP contribution in [-0.2, 0) is 0 Å². The van der Waals surface area contributed by atoms with E-state index in [4.69, 9.17) is 4.52 Å². The first-order chi connectivity index (χ1) is 8.70. The van der Waals surface area contributed by atoms with E-state index in [2.05, 4.69) is 26.0 Å². The zero-order chi connectivity index (χ0) is 13.0. The molecule has 2 heterocycles. The molecule has 1 aromatic heterocycles. The third-order valence-corrected chi connectivity index (χ3v) is 3.48. The Morgan fingerprint density at radius 2 is 2.28 bits per heavy atom. The maximum atomic E-state index is 12.2. The van der Waals surface area contributed by atoms with E-state index in [0.717, 1.165) is 44.5 Å². The summed E-state index contributed by atoms with van der Waals surface area (Å²) >= 11 is 3.45. The molecule has 1 aromatic rings. The molecule has 0 bridgehead atoms. The van der Waals surface area contributed by atoms with Gasteiger partial charge in [0.05, 0.1) is 0 Å². The minimum Gasteiger partial charge on any atom is -0.361 e. The number of hydrogen-bond donors (Lipinski definition) is 0. The second-order valence-corrected chi connectivity index (χ2v) is 5.29. The summed E-state index contributed by atoms with van der Waals surface area (Å²) in [5.41, 5.74) is 0.418. The average molecular weight is 316 g/mol. The van der Waals surface area contributed by atoms with Crippen LogP contribution < -0.4 is 0 Å². The third-order valence-electron chi connectivity index (χ3n) is 3.12. The summed E-state index contributed by atoms with van der Waals surface area (Å²) in [5, 5.41) is 4.77. The van der Waals surface area contributed by atoms with E-state index in [1.807, 2.05) is 4.90 Å². The van der Waals surface area contributed by atoms with E-state index in [9.17, 15) is 4.79 Å². The molecular weight excluding hydrogens is 298 g/mol. The molecule has 0 unspecified atom stereocenters. The van der Waals surface area contributed by atoms with E-state index in [-0.39, 0.29) is 5.91 Å². The summed E-state index contributed by atoms with van der Waals surface area (Å²) in [6, 6.07) is 1.70. The van der Waals surface area contributed by atoms with Gasteiger partial charge in [0.2, 0.25) is 0 Å². The number of carbonyl (C=O) groups excluding carboxylic acids is 1. The van der Waals surface area contributed by atoms with Crippen molar-refractivity contribution in [2.75, 3.05) is 38.1 Å². The van der Waals surface area contributed by atoms with Gasteiger partial charge < -0.3 is 14.3 Å². The van der Waals surface area contributed by atoms with Crippen molar-refractivity contribution in [1.82, 2.24) is 15.0 Å². The fourth-order valence-electron chi connectivity index (χ4n) is 2.15. The molecule has 0 aromatic carbocycles. The molecular formula is C12H18BrN3O2. The lowest BCUT2D eigenvalue weighted by molar-refractivity contribution is 0.0751. The molecule has 0 saturated carbocycles. The topological polar surface area (TPSA) is 49.6 Å². The molecule has 2 rings (SSSR count). The summed E-state index contributed by atoms with van der Waals surface area (Å²) < 4.78 is 4.95. The largest absolute Gasteiger partial charge is 0.361 e. The first-order valence-electron chi connectivity index (χ1n) is 6.21. The Morgan fingerprint density at radius 1 is 1.44 bits per heavy atom. The molecule has 0 N–H and O–H groups in total. The Kier molecular flexibility index (Phi) is 4.77. The monoisotopic (exact) mass is 315 g/mol. The molecule has 100 valence electrons. The van der Waals surface area contributed by atoms with Gasteiger partial charge in [-0.3, -0.25) is 4.79 Å². The molecule has 5 nitrogen and oxygen atoms in total. The van der Waals surface area contributed by atoms with Crippen LogP contribution in [0.4, 0.5) is 0 Å². The lowest BCUT2D eigenvalue weighted by Crippen LogP contribution is -2.35. The van der Waals surface area contributed by atoms with Gasteiger partial charge in [0, 0.05) is 37.6 Å². The highest BCUT2D eigenvalue weighted by molar-refractivity contribution is 9.09. The van der Waals surface area contributed by atoms with Gasteiger partial charge in [0.15, 0.2) is 5.69 Å². The Balaban J connectivity index is 1.95. The van der Waals surface area contributed by atoms with Crippen molar-refractivity contribution in [2.45, 2.75) is 13.3 Å². The van der Waals surface area contributed by atoms with Crippen LogP contribution in [0.25, 0.3) is 0 Å². The average Bonchev–Trinajstić information content (AvgIpc) is 2.65. The minimum absolute atomic E-state index is 0.0208. The van der Waals surface area contributed by atoms with Crippen LogP contribution in [0, 0.1) is 6.92 Å². The number of aromatic nitrogens is 1. The quantitative estimate of drug-likeness (QED) is 0.794. The molecule has 0 radical (unpaired) electrons. The number of rotatable bonds is 3. The maximum Gasteiger partial charge on any atom is 0.276 e. The number of carbonyl (C=O) groups is 1. The summed E-state index contributed by atoms with van der Waals surface area (Å²) in [4.78, 5) is 16.4. The van der Waals surface area contributed by atoms with Crippen molar-refractivity contribution < 1.29 is 9.32 Å². The Bertz CT molecular complexity index is 408. The first kappa shape index (κ1) is 13.5. The van der Waals surface area contributed by atoms with E-state index in [0.29, 0.717) is 11.5 Å². The smallest absolute Gasteiger partial charge is 0.276 e. The standard InChI is InChI=1S/C12H18BrN3O2/c1-10-9-11(14-18-10)12(17)16-5-2-4-15(6-3-13)7-8-16/h9H,2-8H2,1H3. The molecule has 1 aliphatic rings. The van der Waals surface area contributed by atoms with Crippen LogP contribution in [0.2, 0.25) is 0 Å². The fourth-order valence-corrected chi connectivity index (χ4v) is 2.65. The second-order valence-electron chi connectivity index (χ2n) is 4.50. The van der Waals surface area contributed by atoms with Crippen molar-refractivity contribution in [3.8, 4) is 0 Å². The normalized spacial score (nSPS) is 17.8. The number of nitrogens with zero attached hydrogens (tertiary/aromatic N) is 3. The lowest BCUT2D eigenvalue weighted by Gasteiger charge is -2.20. The third kappa shape index (κ3) is 3.32. The Labute approximate surface area is 115 Å². The van der Waals surface area contributed by atoms with Crippen LogP contribution in [0.1, 0.15) is 22.7 Å². The molecule has 1 amide bonds. The van der Waals surface area contributed by atoms with Gasteiger partial charge in [-0.2, -0.15) is 0 Å². The van der Waals surface area contributed by atoms with Crippen LogP contribution >= 0.6 is 15.9 Å². The summed E-state index contributed by atoms with van der Waals surface area (Å²) in [5.74, 6) is 0.654. The summed E-state index contributed by atoms with van der Waals surface area (Å²) in [7, 11) is 0. The van der Waals surface area contributed by atoms with Gasteiger partial charge in [0.1, 0.15) is 5.76 Å². The zero-order valence-corrected chi connectivity index (χ0v) is 12.1. The maximum absolute atomic E-state index is 12.2. The predicted octanol–water partition coefficient (Wildman–Crippen LogP) is 1.53. The molecule has 0 spiro atoms. The van der Waals surface area contributed by atoms with E-state index >= 15 is 0 Å². The number of hydrogen-bond acceptors (Lipinski definition) is 4. The highest BCUT2D eigenvalue weighted by atomic mass is 79.9. The van der Waals surface area contributed by atoms with Gasteiger partial charge >= 0.3 is 0 Å². The molecule has 0 aliphatic carbocycles. The van der Waals surface area contributed by atoms with Crippen molar-refractivity contribution in [2.24, 2.45) is 0 Å². The number of amides is 1. The summed E-state index contributed by atoms with van der Waals surface area (Å²) in [6.07, 6.45) is 1.01. The van der Waals surface area contributed by atoms with Gasteiger partial charge in [-0.25, -0.2) is 0 Å². The van der Waals surface area contributed by atoms with Gasteiger partial charge in [-0.15, -0.1) is 0 Å². The first-order valence-corrected chi connectivity index (χ1v) is 7.34. The van der Waals surface area contributed by atoms with Crippen LogP contribution in [0.5, 0.6) is 0 Å². The van der Waals surface area contributed by atoms with E-state index < -0.39 is 0 Å². The Morgan fingerprint density at radius 3 is 2.94 bits per heavy atom. The van der Waals surface area contributed by atoms with Crippen molar-refractivity contribution in [1.29, 1.82) is 0 Å². The minimum atomic E-state index is -0.0208. The molecule has 1 saturated heterocycles. The molecule has 1 fully saturated rings. The zero-order valence-electron chi connectivity index (χ0n) is 10.6. The highest BCUT2D eigenvalue weighted by Crippen LogP contribution is 2.09. The van der Waals surface area contributed by atoms with Gasteiger partial charge in [0.25, 0.3) is 5.91 Å². The number of aryl methyl sites for hydroxylation is 1. The second kappa shape index (κ2) is 6.33. The molecule has 6 heteroatoms. The predicted molar refractivity (Wildman–Crippen MR) is 72.0 cm³/mol. The Hall–Kier alpha value is -0.880. The number of halogens is 1. The van der Waals surface area contributed by atoms with Crippen molar-refractivity contribution in [3.63, 3.8) is 0 Å². The summed E-state index contributed by atoms with van der Waals surface area (Å²) in [6.45, 7) is 6.36. The van der Waals surface area contributed by atoms with E-state index in [1.165, 1.54) is 0 Å². The molecule has 0 atom stereocenters. The van der Waals surface area contributed by atoms with Crippen molar-refractivity contribution in [3.05, 3.63) is 17.5 Å². The fraction of sp³-hybridized carbons (Fsp3) is 0.667. The van der Waals surface area contributed by atoms with Crippen LogP contribution in [0.15, 0.2) is 10.6 Å². The van der Waals surface area contributed by atoms with Gasteiger partial charge in [-0.1, -0.05) is 21.1 Å². The van der Waals surface area contributed by atoms with E-state index in [1.54, 1.807) is 13.0 Å². The van der Waals surface area contributed by atoms with Crippen LogP contribution in [-0.4, -0.2) is 58.9 Å². The molecule has 18 heavy (non-hydrogen) atoms. The number of alkyl halides is 1. The van der Waals surface area contributed by atoms with Crippen LogP contribution in [0.3, 0.4) is 0 Å². The highest BCUT2D eigenvalue weighted by Gasteiger charge is 2.22. The lowest BCUT2D eigenvalue weighted by atomic mass is 10.3. The molecule has 1 aliphatic heterocycles. The van der Waals surface area contributed by atoms with Crippen molar-refractivity contribution >= 4 is 21.8 Å².